The predicted molar refractivity (Wildman–Crippen MR) is 100 cm³/mol. The quantitative estimate of drug-likeness (QED) is 0.644. The number of halogens is 2. The van der Waals surface area contributed by atoms with Crippen LogP contribution in [0.25, 0.3) is 6.08 Å². The fraction of sp³-hybridized carbons (Fsp3) is 0.278. The molecule has 0 amide bonds. The number of aromatic nitrogens is 1. The lowest BCUT2D eigenvalue weighted by atomic mass is 9.87. The van der Waals surface area contributed by atoms with E-state index < -0.39 is 6.10 Å². The van der Waals surface area contributed by atoms with E-state index in [0.717, 1.165) is 14.5 Å². The molecule has 0 saturated heterocycles. The van der Waals surface area contributed by atoms with Crippen LogP contribution in [0.5, 0.6) is 5.75 Å². The van der Waals surface area contributed by atoms with Crippen molar-refractivity contribution in [3.05, 3.63) is 63.0 Å². The molecule has 0 saturated carbocycles. The second-order valence-electron chi connectivity index (χ2n) is 6.28. The van der Waals surface area contributed by atoms with E-state index in [0.29, 0.717) is 11.5 Å². The summed E-state index contributed by atoms with van der Waals surface area (Å²) in [5, 5.41) is 10.7. The Kier molecular flexibility index (Phi) is 6.00. The lowest BCUT2D eigenvalue weighted by Gasteiger charge is -2.28. The van der Waals surface area contributed by atoms with Crippen molar-refractivity contribution >= 4 is 37.9 Å². The van der Waals surface area contributed by atoms with E-state index in [1.165, 1.54) is 0 Å². The van der Waals surface area contributed by atoms with Gasteiger partial charge in [0.15, 0.2) is 0 Å². The third-order valence-electron chi connectivity index (χ3n) is 3.20. The van der Waals surface area contributed by atoms with Crippen LogP contribution in [-0.4, -0.2) is 16.2 Å². The molecule has 0 aliphatic rings. The number of aliphatic hydroxyl groups excluding tert-OH is 1. The van der Waals surface area contributed by atoms with E-state index in [9.17, 15) is 5.11 Å². The first kappa shape index (κ1) is 18.2. The molecule has 0 bridgehead atoms. The van der Waals surface area contributed by atoms with E-state index in [-0.39, 0.29) is 5.41 Å². The topological polar surface area (TPSA) is 42.4 Å². The zero-order chi connectivity index (χ0) is 17.0. The summed E-state index contributed by atoms with van der Waals surface area (Å²) < 4.78 is 7.77. The summed E-state index contributed by atoms with van der Waals surface area (Å²) >= 11 is 6.90. The largest absolute Gasteiger partial charge is 0.458 e. The smallest absolute Gasteiger partial charge is 0.141 e. The van der Waals surface area contributed by atoms with E-state index in [4.69, 9.17) is 4.74 Å². The Morgan fingerprint density at radius 2 is 2.00 bits per heavy atom. The predicted octanol–water partition coefficient (Wildman–Crippen LogP) is 5.43. The Morgan fingerprint density at radius 3 is 2.57 bits per heavy atom. The number of nitrogens with zero attached hydrogens (tertiary/aromatic N) is 1. The van der Waals surface area contributed by atoms with Crippen LogP contribution in [0.1, 0.15) is 26.3 Å². The summed E-state index contributed by atoms with van der Waals surface area (Å²) in [6.07, 6.45) is 4.51. The minimum atomic E-state index is -0.752. The molecule has 1 unspecified atom stereocenters. The van der Waals surface area contributed by atoms with Crippen LogP contribution in [0.4, 0.5) is 0 Å². The lowest BCUT2D eigenvalue weighted by molar-refractivity contribution is 0.0640. The normalized spacial score (nSPS) is 13.7. The minimum absolute atomic E-state index is 0.351. The fourth-order valence-corrected chi connectivity index (χ4v) is 3.03. The molecule has 0 fully saturated rings. The second kappa shape index (κ2) is 7.60. The van der Waals surface area contributed by atoms with E-state index in [1.807, 2.05) is 57.2 Å². The minimum Gasteiger partial charge on any atom is -0.458 e. The zero-order valence-electron chi connectivity index (χ0n) is 13.3. The molecule has 122 valence electrons. The number of aliphatic hydroxyl groups is 1. The van der Waals surface area contributed by atoms with Crippen molar-refractivity contribution in [1.29, 1.82) is 0 Å². The van der Waals surface area contributed by atoms with Gasteiger partial charge in [0.25, 0.3) is 0 Å². The van der Waals surface area contributed by atoms with Crippen LogP contribution in [0, 0.1) is 5.41 Å². The third kappa shape index (κ3) is 5.16. The molecule has 0 aliphatic heterocycles. The first-order chi connectivity index (χ1) is 10.8. The molecule has 1 atom stereocenters. The molecule has 1 heterocycles. The first-order valence-electron chi connectivity index (χ1n) is 7.20. The van der Waals surface area contributed by atoms with Gasteiger partial charge in [0.05, 0.1) is 4.47 Å². The van der Waals surface area contributed by atoms with Crippen LogP contribution < -0.4 is 4.74 Å². The Labute approximate surface area is 153 Å². The molecule has 1 N–H and O–H groups in total. The number of hydrogen-bond donors (Lipinski definition) is 1. The number of rotatable bonds is 4. The molecule has 2 aromatic rings. The number of hydrogen-bond acceptors (Lipinski definition) is 3. The number of pyridine rings is 1. The van der Waals surface area contributed by atoms with E-state index in [2.05, 4.69) is 36.8 Å². The summed E-state index contributed by atoms with van der Waals surface area (Å²) in [7, 11) is 0. The summed E-state index contributed by atoms with van der Waals surface area (Å²) in [6.45, 7) is 5.90. The summed E-state index contributed by atoms with van der Waals surface area (Å²) in [5.74, 6) is 1.13. The number of benzene rings is 1. The highest BCUT2D eigenvalue weighted by atomic mass is 79.9. The highest BCUT2D eigenvalue weighted by Gasteiger charge is 2.28. The van der Waals surface area contributed by atoms with Crippen molar-refractivity contribution < 1.29 is 9.84 Å². The summed E-state index contributed by atoms with van der Waals surface area (Å²) in [6, 6.07) is 9.41. The molecule has 0 spiro atoms. The SMILES string of the molecule is CC(C)(C)C(O)/C(=C\c1cccnc1)Oc1ccc(Br)cc1Br. The molecule has 3 nitrogen and oxygen atoms in total. The van der Waals surface area contributed by atoms with Crippen molar-refractivity contribution in [2.24, 2.45) is 5.41 Å². The van der Waals surface area contributed by atoms with E-state index in [1.54, 1.807) is 12.4 Å². The maximum absolute atomic E-state index is 10.7. The Hall–Kier alpha value is -1.17. The van der Waals surface area contributed by atoms with Crippen molar-refractivity contribution in [1.82, 2.24) is 4.98 Å². The molecule has 0 radical (unpaired) electrons. The molecule has 1 aromatic heterocycles. The van der Waals surface area contributed by atoms with Crippen LogP contribution in [0.15, 0.2) is 57.4 Å². The van der Waals surface area contributed by atoms with Gasteiger partial charge in [0, 0.05) is 16.9 Å². The van der Waals surface area contributed by atoms with Crippen LogP contribution in [-0.2, 0) is 0 Å². The molecular formula is C18H19Br2NO2. The van der Waals surface area contributed by atoms with Crippen molar-refractivity contribution in [3.8, 4) is 5.75 Å². The molecule has 1 aromatic carbocycles. The van der Waals surface area contributed by atoms with Gasteiger partial charge >= 0.3 is 0 Å². The monoisotopic (exact) mass is 439 g/mol. The van der Waals surface area contributed by atoms with Gasteiger partial charge in [-0.15, -0.1) is 0 Å². The van der Waals surface area contributed by atoms with Gasteiger partial charge in [-0.2, -0.15) is 0 Å². The van der Waals surface area contributed by atoms with Crippen molar-refractivity contribution in [3.63, 3.8) is 0 Å². The Balaban J connectivity index is 2.39. The highest BCUT2D eigenvalue weighted by Crippen LogP contribution is 2.33. The van der Waals surface area contributed by atoms with Gasteiger partial charge in [-0.1, -0.05) is 42.8 Å². The van der Waals surface area contributed by atoms with Crippen LogP contribution >= 0.6 is 31.9 Å². The van der Waals surface area contributed by atoms with Crippen molar-refractivity contribution in [2.45, 2.75) is 26.9 Å². The average molecular weight is 441 g/mol. The second-order valence-corrected chi connectivity index (χ2v) is 8.05. The third-order valence-corrected chi connectivity index (χ3v) is 4.32. The maximum Gasteiger partial charge on any atom is 0.141 e. The van der Waals surface area contributed by atoms with Gasteiger partial charge in [-0.25, -0.2) is 0 Å². The highest BCUT2D eigenvalue weighted by molar-refractivity contribution is 9.11. The molecule has 23 heavy (non-hydrogen) atoms. The van der Waals surface area contributed by atoms with Gasteiger partial charge in [0.2, 0.25) is 0 Å². The van der Waals surface area contributed by atoms with Gasteiger partial charge in [0.1, 0.15) is 17.6 Å². The van der Waals surface area contributed by atoms with Crippen molar-refractivity contribution in [2.75, 3.05) is 0 Å². The first-order valence-corrected chi connectivity index (χ1v) is 8.78. The summed E-state index contributed by atoms with van der Waals surface area (Å²) in [5.41, 5.74) is 0.523. The Bertz CT molecular complexity index is 694. The Morgan fingerprint density at radius 1 is 1.26 bits per heavy atom. The fourth-order valence-electron chi connectivity index (χ4n) is 1.90. The maximum atomic E-state index is 10.7. The average Bonchev–Trinajstić information content (AvgIpc) is 2.48. The van der Waals surface area contributed by atoms with Gasteiger partial charge in [-0.3, -0.25) is 4.98 Å². The summed E-state index contributed by atoms with van der Waals surface area (Å²) in [4.78, 5) is 4.10. The molecular weight excluding hydrogens is 422 g/mol. The number of ether oxygens (including phenoxy) is 1. The molecule has 2 rings (SSSR count). The van der Waals surface area contributed by atoms with Gasteiger partial charge in [-0.05, 0) is 57.2 Å². The van der Waals surface area contributed by atoms with Crippen LogP contribution in [0.3, 0.4) is 0 Å². The standard InChI is InChI=1S/C18H19Br2NO2/c1-18(2,3)17(22)16(9-12-5-4-8-21-11-12)23-15-7-6-13(19)10-14(15)20/h4-11,17,22H,1-3H3/b16-9+. The van der Waals surface area contributed by atoms with Gasteiger partial charge < -0.3 is 9.84 Å². The lowest BCUT2D eigenvalue weighted by Crippen LogP contribution is -2.30. The molecule has 5 heteroatoms. The zero-order valence-corrected chi connectivity index (χ0v) is 16.4. The van der Waals surface area contributed by atoms with E-state index >= 15 is 0 Å². The van der Waals surface area contributed by atoms with Crippen LogP contribution in [0.2, 0.25) is 0 Å². The molecule has 0 aliphatic carbocycles.